The maximum atomic E-state index is 6.14. The van der Waals surface area contributed by atoms with Crippen molar-refractivity contribution >= 4 is 15.9 Å². The van der Waals surface area contributed by atoms with Crippen LogP contribution in [0.5, 0.6) is 5.75 Å². The summed E-state index contributed by atoms with van der Waals surface area (Å²) in [5.41, 5.74) is 1.25. The van der Waals surface area contributed by atoms with E-state index in [1.54, 1.807) is 0 Å². The molecule has 1 aliphatic rings. The molecule has 1 N–H and O–H groups in total. The molecular formula is C17H26BrNO. The summed E-state index contributed by atoms with van der Waals surface area (Å²) in [6, 6.07) is 6.65. The molecule has 0 saturated heterocycles. The average molecular weight is 340 g/mol. The highest BCUT2D eigenvalue weighted by molar-refractivity contribution is 9.10. The largest absolute Gasteiger partial charge is 0.493 e. The van der Waals surface area contributed by atoms with Gasteiger partial charge in [0, 0.05) is 16.1 Å². The lowest BCUT2D eigenvalue weighted by Gasteiger charge is -2.24. The summed E-state index contributed by atoms with van der Waals surface area (Å²) in [4.78, 5) is 0. The first-order valence-corrected chi connectivity index (χ1v) is 8.65. The minimum absolute atomic E-state index is 0.318. The molecule has 0 aliphatic heterocycles. The molecule has 1 fully saturated rings. The van der Waals surface area contributed by atoms with Crippen molar-refractivity contribution < 1.29 is 4.74 Å². The van der Waals surface area contributed by atoms with Gasteiger partial charge >= 0.3 is 0 Å². The predicted octanol–water partition coefficient (Wildman–Crippen LogP) is 5.08. The third-order valence-electron chi connectivity index (χ3n) is 4.15. The third kappa shape index (κ3) is 4.49. The van der Waals surface area contributed by atoms with E-state index in [2.05, 4.69) is 53.3 Å². The molecule has 20 heavy (non-hydrogen) atoms. The van der Waals surface area contributed by atoms with Crippen LogP contribution in [0, 0.1) is 5.92 Å². The van der Waals surface area contributed by atoms with Crippen LogP contribution in [-0.2, 0) is 0 Å². The number of rotatable bonds is 6. The summed E-state index contributed by atoms with van der Waals surface area (Å²) in [7, 11) is 0. The first kappa shape index (κ1) is 15.8. The van der Waals surface area contributed by atoms with E-state index in [1.807, 2.05) is 0 Å². The second-order valence-corrected chi connectivity index (χ2v) is 6.69. The summed E-state index contributed by atoms with van der Waals surface area (Å²) < 4.78 is 7.25. The highest BCUT2D eigenvalue weighted by Crippen LogP contribution is 2.30. The van der Waals surface area contributed by atoms with E-state index in [9.17, 15) is 0 Å². The van der Waals surface area contributed by atoms with Gasteiger partial charge < -0.3 is 10.1 Å². The van der Waals surface area contributed by atoms with Crippen LogP contribution >= 0.6 is 15.9 Å². The van der Waals surface area contributed by atoms with Crippen LogP contribution in [0.1, 0.15) is 57.6 Å². The van der Waals surface area contributed by atoms with E-state index in [0.717, 1.165) is 29.3 Å². The number of ether oxygens (including phenoxy) is 1. The smallest absolute Gasteiger partial charge is 0.124 e. The molecule has 0 heterocycles. The van der Waals surface area contributed by atoms with Crippen molar-refractivity contribution in [3.05, 3.63) is 28.2 Å². The van der Waals surface area contributed by atoms with Gasteiger partial charge in [0.05, 0.1) is 6.61 Å². The quantitative estimate of drug-likeness (QED) is 0.780. The van der Waals surface area contributed by atoms with Crippen LogP contribution in [0.4, 0.5) is 0 Å². The molecule has 1 atom stereocenters. The van der Waals surface area contributed by atoms with Crippen molar-refractivity contribution in [1.82, 2.24) is 5.32 Å². The highest BCUT2D eigenvalue weighted by Gasteiger charge is 2.16. The van der Waals surface area contributed by atoms with Gasteiger partial charge in [0.1, 0.15) is 5.75 Å². The second-order valence-electron chi connectivity index (χ2n) is 5.78. The van der Waals surface area contributed by atoms with Crippen molar-refractivity contribution in [2.24, 2.45) is 5.92 Å². The van der Waals surface area contributed by atoms with Gasteiger partial charge in [-0.05, 0) is 50.4 Å². The normalized spacial score (nSPS) is 17.9. The monoisotopic (exact) mass is 339 g/mol. The molecule has 2 nitrogen and oxygen atoms in total. The van der Waals surface area contributed by atoms with Gasteiger partial charge in [-0.2, -0.15) is 0 Å². The Hall–Kier alpha value is -0.540. The fourth-order valence-electron chi connectivity index (χ4n) is 2.97. The molecule has 112 valence electrons. The van der Waals surface area contributed by atoms with Crippen molar-refractivity contribution in [1.29, 1.82) is 0 Å². The molecule has 1 aromatic carbocycles. The molecule has 0 bridgehead atoms. The number of hydrogen-bond acceptors (Lipinski definition) is 2. The minimum Gasteiger partial charge on any atom is -0.493 e. The summed E-state index contributed by atoms with van der Waals surface area (Å²) >= 11 is 3.56. The predicted molar refractivity (Wildman–Crippen MR) is 88.3 cm³/mol. The zero-order chi connectivity index (χ0) is 14.4. The van der Waals surface area contributed by atoms with E-state index in [4.69, 9.17) is 4.74 Å². The first-order valence-electron chi connectivity index (χ1n) is 7.86. The van der Waals surface area contributed by atoms with Gasteiger partial charge in [0.2, 0.25) is 0 Å². The Morgan fingerprint density at radius 1 is 1.30 bits per heavy atom. The molecular weight excluding hydrogens is 314 g/mol. The van der Waals surface area contributed by atoms with Crippen molar-refractivity contribution in [2.45, 2.75) is 52.0 Å². The van der Waals surface area contributed by atoms with Crippen LogP contribution in [-0.4, -0.2) is 13.2 Å². The van der Waals surface area contributed by atoms with Crippen LogP contribution in [0.15, 0.2) is 22.7 Å². The molecule has 0 spiro atoms. The summed E-state index contributed by atoms with van der Waals surface area (Å²) in [5, 5.41) is 3.47. The fourth-order valence-corrected chi connectivity index (χ4v) is 3.35. The summed E-state index contributed by atoms with van der Waals surface area (Å²) in [5.74, 6) is 1.78. The van der Waals surface area contributed by atoms with Crippen molar-refractivity contribution in [3.8, 4) is 5.75 Å². The van der Waals surface area contributed by atoms with Crippen LogP contribution in [0.3, 0.4) is 0 Å². The molecule has 1 unspecified atom stereocenters. The number of halogens is 1. The summed E-state index contributed by atoms with van der Waals surface area (Å²) in [6.45, 7) is 6.17. The molecule has 1 aliphatic carbocycles. The number of hydrogen-bond donors (Lipinski definition) is 1. The SMILES string of the molecule is CCNC(C)c1cc(Br)ccc1OCC1CCCCC1. The Morgan fingerprint density at radius 2 is 2.05 bits per heavy atom. The standard InChI is InChI=1S/C17H26BrNO/c1-3-19-13(2)16-11-15(18)9-10-17(16)20-12-14-7-5-4-6-8-14/h9-11,13-14,19H,3-8,12H2,1-2H3. The van der Waals surface area contributed by atoms with Gasteiger partial charge in [0.15, 0.2) is 0 Å². The number of benzene rings is 1. The van der Waals surface area contributed by atoms with E-state index in [-0.39, 0.29) is 0 Å². The lowest BCUT2D eigenvalue weighted by molar-refractivity contribution is 0.206. The molecule has 0 radical (unpaired) electrons. The Balaban J connectivity index is 2.01. The van der Waals surface area contributed by atoms with E-state index >= 15 is 0 Å². The zero-order valence-electron chi connectivity index (χ0n) is 12.6. The van der Waals surface area contributed by atoms with Crippen molar-refractivity contribution in [3.63, 3.8) is 0 Å². The van der Waals surface area contributed by atoms with Gasteiger partial charge in [-0.15, -0.1) is 0 Å². The molecule has 2 rings (SSSR count). The molecule has 0 amide bonds. The third-order valence-corrected chi connectivity index (χ3v) is 4.64. The summed E-state index contributed by atoms with van der Waals surface area (Å²) in [6.07, 6.45) is 6.80. The fraction of sp³-hybridized carbons (Fsp3) is 0.647. The lowest BCUT2D eigenvalue weighted by Crippen LogP contribution is -2.20. The molecule has 3 heteroatoms. The topological polar surface area (TPSA) is 21.3 Å². The van der Waals surface area contributed by atoms with Gasteiger partial charge in [-0.1, -0.05) is 42.1 Å². The van der Waals surface area contributed by atoms with E-state index in [0.29, 0.717) is 6.04 Å². The van der Waals surface area contributed by atoms with Crippen LogP contribution in [0.25, 0.3) is 0 Å². The average Bonchev–Trinajstić information content (AvgIpc) is 2.47. The Labute approximate surface area is 131 Å². The maximum absolute atomic E-state index is 6.14. The molecule has 0 aromatic heterocycles. The maximum Gasteiger partial charge on any atom is 0.124 e. The van der Waals surface area contributed by atoms with E-state index < -0.39 is 0 Å². The van der Waals surface area contributed by atoms with Gasteiger partial charge in [-0.25, -0.2) is 0 Å². The first-order chi connectivity index (χ1) is 9.70. The minimum atomic E-state index is 0.318. The Morgan fingerprint density at radius 3 is 2.75 bits per heavy atom. The van der Waals surface area contributed by atoms with Crippen LogP contribution < -0.4 is 10.1 Å². The van der Waals surface area contributed by atoms with Crippen molar-refractivity contribution in [2.75, 3.05) is 13.2 Å². The lowest BCUT2D eigenvalue weighted by atomic mass is 9.90. The van der Waals surface area contributed by atoms with Gasteiger partial charge in [0.25, 0.3) is 0 Å². The molecule has 1 saturated carbocycles. The highest BCUT2D eigenvalue weighted by atomic mass is 79.9. The molecule has 1 aromatic rings. The zero-order valence-corrected chi connectivity index (χ0v) is 14.2. The van der Waals surface area contributed by atoms with Crippen LogP contribution in [0.2, 0.25) is 0 Å². The number of nitrogens with one attached hydrogen (secondary N) is 1. The van der Waals surface area contributed by atoms with E-state index in [1.165, 1.54) is 37.7 Å². The Kier molecular flexibility index (Phi) is 6.37. The van der Waals surface area contributed by atoms with Gasteiger partial charge in [-0.3, -0.25) is 0 Å². The Bertz CT molecular complexity index is 415. The second kappa shape index (κ2) is 8.04.